The number of carbonyl (C=O) groups excluding carboxylic acids is 1. The second kappa shape index (κ2) is 10.8. The number of para-hydroxylation sites is 1. The summed E-state index contributed by atoms with van der Waals surface area (Å²) in [6.07, 6.45) is 3.72. The Morgan fingerprint density at radius 3 is 2.73 bits per heavy atom. The molecule has 6 rings (SSSR count). The fourth-order valence-electron chi connectivity index (χ4n) is 5.64. The molecular formula is C31H29N7O2. The van der Waals surface area contributed by atoms with Crippen molar-refractivity contribution in [2.24, 2.45) is 7.05 Å². The first-order valence-electron chi connectivity index (χ1n) is 13.4. The van der Waals surface area contributed by atoms with Crippen molar-refractivity contribution < 1.29 is 4.79 Å². The fourth-order valence-corrected chi connectivity index (χ4v) is 5.64. The molecule has 0 aliphatic carbocycles. The summed E-state index contributed by atoms with van der Waals surface area (Å²) in [4.78, 5) is 28.4. The van der Waals surface area contributed by atoms with Crippen molar-refractivity contribution in [2.75, 3.05) is 13.1 Å². The molecular weight excluding hydrogens is 502 g/mol. The molecule has 40 heavy (non-hydrogen) atoms. The molecule has 0 saturated carbocycles. The molecule has 9 heteroatoms. The van der Waals surface area contributed by atoms with Gasteiger partial charge in [-0.05, 0) is 59.8 Å². The van der Waals surface area contributed by atoms with Crippen LogP contribution in [0.4, 0.5) is 0 Å². The number of aromatic nitrogens is 4. The number of nitriles is 1. The quantitative estimate of drug-likeness (QED) is 0.359. The van der Waals surface area contributed by atoms with Crippen molar-refractivity contribution in [3.05, 3.63) is 106 Å². The van der Waals surface area contributed by atoms with Crippen molar-refractivity contribution >= 4 is 27.6 Å². The lowest BCUT2D eigenvalue weighted by Gasteiger charge is -2.32. The number of aryl methyl sites for hydroxylation is 1. The lowest BCUT2D eigenvalue weighted by atomic mass is 9.99. The Morgan fingerprint density at radius 1 is 1.07 bits per heavy atom. The van der Waals surface area contributed by atoms with Crippen LogP contribution in [0.25, 0.3) is 21.7 Å². The van der Waals surface area contributed by atoms with Gasteiger partial charge in [-0.1, -0.05) is 47.7 Å². The van der Waals surface area contributed by atoms with Crippen LogP contribution in [-0.4, -0.2) is 49.5 Å². The number of benzene rings is 3. The van der Waals surface area contributed by atoms with E-state index in [2.05, 4.69) is 26.6 Å². The van der Waals surface area contributed by atoms with Crippen molar-refractivity contribution in [3.63, 3.8) is 0 Å². The molecule has 1 N–H and O–H groups in total. The fraction of sp³-hybridized carbons (Fsp3) is 0.258. The zero-order chi connectivity index (χ0) is 27.6. The van der Waals surface area contributed by atoms with E-state index in [0.717, 1.165) is 46.8 Å². The van der Waals surface area contributed by atoms with Gasteiger partial charge >= 0.3 is 0 Å². The van der Waals surface area contributed by atoms with Crippen LogP contribution in [0.3, 0.4) is 0 Å². The Labute approximate surface area is 231 Å². The van der Waals surface area contributed by atoms with Crippen LogP contribution in [0.5, 0.6) is 0 Å². The van der Waals surface area contributed by atoms with Crippen LogP contribution in [0.2, 0.25) is 0 Å². The molecule has 200 valence electrons. The maximum atomic E-state index is 13.3. The molecule has 0 spiro atoms. The van der Waals surface area contributed by atoms with E-state index in [1.54, 1.807) is 28.4 Å². The molecule has 5 aromatic rings. The summed E-state index contributed by atoms with van der Waals surface area (Å²) in [5.41, 5.74) is 3.32. The van der Waals surface area contributed by atoms with E-state index in [4.69, 9.17) is 0 Å². The van der Waals surface area contributed by atoms with E-state index in [1.165, 1.54) is 0 Å². The molecule has 1 amide bonds. The lowest BCUT2D eigenvalue weighted by Crippen LogP contribution is -2.47. The first-order chi connectivity index (χ1) is 19.5. The summed E-state index contributed by atoms with van der Waals surface area (Å²) < 4.78 is 3.38. The maximum Gasteiger partial charge on any atom is 0.255 e. The standard InChI is InChI=1S/C31H29N7O2/c1-36-29-11-5-3-8-23(29)15-24(31(36)40)17-38-20-26(34-35-38)19-37-12-6-9-25(18-37)33-30(39)28-14-21(16-32)13-22-7-2-4-10-27(22)28/h2-5,7-8,10-11,13-15,20,25H,6,9,12,17-19H2,1H3,(H,33,39). The smallest absolute Gasteiger partial charge is 0.255 e. The average molecular weight is 532 g/mol. The minimum Gasteiger partial charge on any atom is -0.348 e. The number of carbonyl (C=O) groups is 1. The number of hydrogen-bond donors (Lipinski definition) is 1. The van der Waals surface area contributed by atoms with Gasteiger partial charge in [-0.15, -0.1) is 5.10 Å². The lowest BCUT2D eigenvalue weighted by molar-refractivity contribution is 0.0902. The number of nitrogens with zero attached hydrogens (tertiary/aromatic N) is 6. The van der Waals surface area contributed by atoms with Gasteiger partial charge in [-0.2, -0.15) is 5.26 Å². The van der Waals surface area contributed by atoms with Gasteiger partial charge in [-0.3, -0.25) is 14.5 Å². The number of nitrogens with one attached hydrogen (secondary N) is 1. The first kappa shape index (κ1) is 25.5. The van der Waals surface area contributed by atoms with Crippen LogP contribution in [0.1, 0.15) is 40.0 Å². The molecule has 1 aliphatic heterocycles. The van der Waals surface area contributed by atoms with Gasteiger partial charge in [0.25, 0.3) is 11.5 Å². The van der Waals surface area contributed by atoms with E-state index < -0.39 is 0 Å². The summed E-state index contributed by atoms with van der Waals surface area (Å²) in [6, 6.07) is 23.0. The summed E-state index contributed by atoms with van der Waals surface area (Å²) in [6.45, 7) is 2.55. The molecule has 1 atom stereocenters. The average Bonchev–Trinajstić information content (AvgIpc) is 3.41. The number of piperidine rings is 1. The van der Waals surface area contributed by atoms with Gasteiger partial charge in [-0.25, -0.2) is 4.68 Å². The molecule has 3 aromatic carbocycles. The zero-order valence-corrected chi connectivity index (χ0v) is 22.2. The monoisotopic (exact) mass is 531 g/mol. The second-order valence-corrected chi connectivity index (χ2v) is 10.4. The molecule has 0 radical (unpaired) electrons. The first-order valence-corrected chi connectivity index (χ1v) is 13.4. The minimum absolute atomic E-state index is 0.0126. The zero-order valence-electron chi connectivity index (χ0n) is 22.2. The highest BCUT2D eigenvalue weighted by atomic mass is 16.1. The number of fused-ring (bicyclic) bond motifs is 2. The summed E-state index contributed by atoms with van der Waals surface area (Å²) in [7, 11) is 1.79. The van der Waals surface area contributed by atoms with E-state index in [1.807, 2.05) is 60.8 Å². The number of pyridine rings is 1. The van der Waals surface area contributed by atoms with Crippen LogP contribution >= 0.6 is 0 Å². The highest BCUT2D eigenvalue weighted by Gasteiger charge is 2.24. The van der Waals surface area contributed by atoms with E-state index >= 15 is 0 Å². The van der Waals surface area contributed by atoms with Gasteiger partial charge in [0.05, 0.1) is 35.6 Å². The van der Waals surface area contributed by atoms with Crippen LogP contribution in [0.15, 0.2) is 77.7 Å². The summed E-state index contributed by atoms with van der Waals surface area (Å²) in [5.74, 6) is -0.164. The van der Waals surface area contributed by atoms with Crippen molar-refractivity contribution in [2.45, 2.75) is 32.0 Å². The van der Waals surface area contributed by atoms with Gasteiger partial charge < -0.3 is 9.88 Å². The Kier molecular flexibility index (Phi) is 6.84. The number of hydrogen-bond acceptors (Lipinski definition) is 6. The molecule has 1 saturated heterocycles. The molecule has 0 bridgehead atoms. The topological polar surface area (TPSA) is 109 Å². The number of rotatable bonds is 6. The van der Waals surface area contributed by atoms with Crippen molar-refractivity contribution in [3.8, 4) is 6.07 Å². The van der Waals surface area contributed by atoms with Crippen LogP contribution in [-0.2, 0) is 20.1 Å². The molecule has 1 unspecified atom stereocenters. The third-order valence-corrected chi connectivity index (χ3v) is 7.59. The highest BCUT2D eigenvalue weighted by molar-refractivity contribution is 6.07. The normalized spacial score (nSPS) is 15.8. The molecule has 3 heterocycles. The molecule has 1 fully saturated rings. The number of amides is 1. The van der Waals surface area contributed by atoms with Crippen LogP contribution in [0, 0.1) is 11.3 Å². The predicted octanol–water partition coefficient (Wildman–Crippen LogP) is 3.60. The molecule has 9 nitrogen and oxygen atoms in total. The Hall–Kier alpha value is -4.81. The van der Waals surface area contributed by atoms with Crippen molar-refractivity contribution in [1.82, 2.24) is 29.8 Å². The largest absolute Gasteiger partial charge is 0.348 e. The minimum atomic E-state index is -0.164. The molecule has 1 aliphatic rings. The Bertz CT molecular complexity index is 1830. The number of likely N-dealkylation sites (tertiary alicyclic amines) is 1. The van der Waals surface area contributed by atoms with Gasteiger partial charge in [0.2, 0.25) is 0 Å². The third-order valence-electron chi connectivity index (χ3n) is 7.59. The summed E-state index contributed by atoms with van der Waals surface area (Å²) in [5, 5.41) is 24.0. The third kappa shape index (κ3) is 5.09. The van der Waals surface area contributed by atoms with Gasteiger partial charge in [0.15, 0.2) is 0 Å². The van der Waals surface area contributed by atoms with Crippen molar-refractivity contribution in [1.29, 1.82) is 5.26 Å². The van der Waals surface area contributed by atoms with E-state index in [-0.39, 0.29) is 17.5 Å². The molecule has 2 aromatic heterocycles. The van der Waals surface area contributed by atoms with E-state index in [9.17, 15) is 14.9 Å². The van der Waals surface area contributed by atoms with Gasteiger partial charge in [0, 0.05) is 37.3 Å². The van der Waals surface area contributed by atoms with Gasteiger partial charge in [0.1, 0.15) is 0 Å². The van der Waals surface area contributed by atoms with Crippen LogP contribution < -0.4 is 10.9 Å². The second-order valence-electron chi connectivity index (χ2n) is 10.4. The Morgan fingerprint density at radius 2 is 1.88 bits per heavy atom. The summed E-state index contributed by atoms with van der Waals surface area (Å²) >= 11 is 0. The van der Waals surface area contributed by atoms with E-state index in [0.29, 0.717) is 36.3 Å². The predicted molar refractivity (Wildman–Crippen MR) is 153 cm³/mol. The Balaban J connectivity index is 1.12. The SMILES string of the molecule is Cn1c(=O)c(Cn2cc(CN3CCCC(NC(=O)c4cc(C#N)cc5ccccc45)C3)nn2)cc2ccccc21. The highest BCUT2D eigenvalue weighted by Crippen LogP contribution is 2.22. The maximum absolute atomic E-state index is 13.3.